The van der Waals surface area contributed by atoms with Crippen molar-refractivity contribution in [2.45, 2.75) is 37.8 Å². The normalized spacial score (nSPS) is 21.2. The van der Waals surface area contributed by atoms with Crippen molar-refractivity contribution in [3.63, 3.8) is 0 Å². The lowest BCUT2D eigenvalue weighted by Gasteiger charge is -2.33. The Hall–Kier alpha value is -3.00. The van der Waals surface area contributed by atoms with Gasteiger partial charge in [-0.15, -0.1) is 0 Å². The Morgan fingerprint density at radius 2 is 1.97 bits per heavy atom. The number of aliphatic hydroxyl groups is 1. The molecule has 29 heavy (non-hydrogen) atoms. The molecule has 154 valence electrons. The summed E-state index contributed by atoms with van der Waals surface area (Å²) in [5, 5.41) is 19.0. The van der Waals surface area contributed by atoms with Gasteiger partial charge in [-0.25, -0.2) is 4.98 Å². The highest BCUT2D eigenvalue weighted by atomic mass is 16.3. The Balaban J connectivity index is 1.54. The number of nitrogens with zero attached hydrogens (tertiary/aromatic N) is 2. The van der Waals surface area contributed by atoms with E-state index in [4.69, 9.17) is 0 Å². The van der Waals surface area contributed by atoms with Crippen LogP contribution < -0.4 is 16.0 Å². The zero-order valence-electron chi connectivity index (χ0n) is 16.5. The van der Waals surface area contributed by atoms with Crippen LogP contribution in [0.3, 0.4) is 0 Å². The maximum Gasteiger partial charge on any atom is 0.255 e. The molecule has 0 bridgehead atoms. The summed E-state index contributed by atoms with van der Waals surface area (Å²) in [6.07, 6.45) is 4.78. The minimum absolute atomic E-state index is 0.0515. The number of aliphatic hydroxyl groups excluding tert-OH is 1. The van der Waals surface area contributed by atoms with Gasteiger partial charge in [0, 0.05) is 44.0 Å². The van der Waals surface area contributed by atoms with E-state index < -0.39 is 12.1 Å². The fourth-order valence-electron chi connectivity index (χ4n) is 3.59. The molecule has 0 spiro atoms. The molecule has 8 nitrogen and oxygen atoms in total. The first kappa shape index (κ1) is 20.7. The Morgan fingerprint density at radius 1 is 1.14 bits per heavy atom. The molecule has 2 heterocycles. The predicted octanol–water partition coefficient (Wildman–Crippen LogP) is 1.14. The third-order valence-corrected chi connectivity index (χ3v) is 5.20. The first-order chi connectivity index (χ1) is 14.1. The van der Waals surface area contributed by atoms with Crippen molar-refractivity contribution in [2.75, 3.05) is 18.9 Å². The highest BCUT2D eigenvalue weighted by Gasteiger charge is 2.34. The Kier molecular flexibility index (Phi) is 7.13. The quantitative estimate of drug-likeness (QED) is 0.557. The van der Waals surface area contributed by atoms with Crippen LogP contribution in [0.1, 0.15) is 35.3 Å². The summed E-state index contributed by atoms with van der Waals surface area (Å²) < 4.78 is 0. The molecule has 1 saturated carbocycles. The lowest BCUT2D eigenvalue weighted by molar-refractivity contribution is -0.127. The highest BCUT2D eigenvalue weighted by molar-refractivity contribution is 5.98. The third kappa shape index (κ3) is 5.51. The van der Waals surface area contributed by atoms with Crippen LogP contribution in [-0.4, -0.2) is 52.6 Å². The van der Waals surface area contributed by atoms with E-state index in [1.165, 1.54) is 0 Å². The summed E-state index contributed by atoms with van der Waals surface area (Å²) >= 11 is 0. The van der Waals surface area contributed by atoms with Crippen molar-refractivity contribution in [1.29, 1.82) is 0 Å². The smallest absolute Gasteiger partial charge is 0.255 e. The van der Waals surface area contributed by atoms with Gasteiger partial charge in [0.15, 0.2) is 0 Å². The summed E-state index contributed by atoms with van der Waals surface area (Å²) in [7, 11) is 1.69. The lowest BCUT2D eigenvalue weighted by Crippen LogP contribution is -2.49. The fourth-order valence-corrected chi connectivity index (χ4v) is 3.59. The van der Waals surface area contributed by atoms with Crippen molar-refractivity contribution in [1.82, 2.24) is 20.6 Å². The van der Waals surface area contributed by atoms with Crippen molar-refractivity contribution < 1.29 is 14.7 Å². The molecular weight excluding hydrogens is 370 g/mol. The van der Waals surface area contributed by atoms with Crippen LogP contribution in [-0.2, 0) is 11.2 Å². The first-order valence-electron chi connectivity index (χ1n) is 9.87. The molecule has 2 aromatic heterocycles. The highest BCUT2D eigenvalue weighted by Crippen LogP contribution is 2.25. The molecule has 3 atom stereocenters. The van der Waals surface area contributed by atoms with E-state index in [9.17, 15) is 14.7 Å². The molecule has 1 aliphatic carbocycles. The summed E-state index contributed by atoms with van der Waals surface area (Å²) in [4.78, 5) is 33.6. The molecule has 1 fully saturated rings. The van der Waals surface area contributed by atoms with Gasteiger partial charge in [0.25, 0.3) is 5.91 Å². The number of nitrogens with one attached hydrogen (secondary N) is 3. The van der Waals surface area contributed by atoms with E-state index in [0.717, 1.165) is 5.69 Å². The van der Waals surface area contributed by atoms with E-state index in [1.807, 2.05) is 18.2 Å². The molecule has 0 radical (unpaired) electrons. The average molecular weight is 397 g/mol. The van der Waals surface area contributed by atoms with E-state index in [0.29, 0.717) is 43.6 Å². The van der Waals surface area contributed by atoms with E-state index in [-0.39, 0.29) is 17.7 Å². The summed E-state index contributed by atoms with van der Waals surface area (Å²) in [6, 6.07) is 8.58. The topological polar surface area (TPSA) is 116 Å². The second-order valence-corrected chi connectivity index (χ2v) is 7.17. The van der Waals surface area contributed by atoms with Gasteiger partial charge in [0.05, 0.1) is 17.7 Å². The Labute approximate surface area is 170 Å². The number of carbonyl (C=O) groups is 2. The van der Waals surface area contributed by atoms with Crippen molar-refractivity contribution in [3.8, 4) is 0 Å². The summed E-state index contributed by atoms with van der Waals surface area (Å²) in [5.74, 6) is -0.142. The first-order valence-corrected chi connectivity index (χ1v) is 9.87. The molecule has 4 N–H and O–H groups in total. The van der Waals surface area contributed by atoms with Gasteiger partial charge in [-0.05, 0) is 43.5 Å². The van der Waals surface area contributed by atoms with Gasteiger partial charge >= 0.3 is 0 Å². The van der Waals surface area contributed by atoms with Crippen LogP contribution in [0, 0.1) is 5.92 Å². The zero-order valence-corrected chi connectivity index (χ0v) is 16.5. The van der Waals surface area contributed by atoms with E-state index in [2.05, 4.69) is 25.9 Å². The third-order valence-electron chi connectivity index (χ3n) is 5.20. The van der Waals surface area contributed by atoms with Crippen LogP contribution in [0.5, 0.6) is 0 Å². The average Bonchev–Trinajstić information content (AvgIpc) is 2.75. The molecule has 1 aliphatic rings. The van der Waals surface area contributed by atoms with Crippen LogP contribution >= 0.6 is 0 Å². The Bertz CT molecular complexity index is 830. The van der Waals surface area contributed by atoms with Gasteiger partial charge in [0.2, 0.25) is 5.91 Å². The molecule has 0 saturated heterocycles. The van der Waals surface area contributed by atoms with E-state index in [1.54, 1.807) is 31.6 Å². The molecule has 8 heteroatoms. The monoisotopic (exact) mass is 397 g/mol. The molecule has 0 aliphatic heterocycles. The van der Waals surface area contributed by atoms with Crippen LogP contribution in [0.25, 0.3) is 0 Å². The number of pyridine rings is 2. The zero-order chi connectivity index (χ0) is 20.6. The number of hydrogen-bond donors (Lipinski definition) is 4. The van der Waals surface area contributed by atoms with Gasteiger partial charge < -0.3 is 21.1 Å². The number of aromatic nitrogens is 2. The van der Waals surface area contributed by atoms with Crippen molar-refractivity contribution in [3.05, 3.63) is 54.0 Å². The van der Waals surface area contributed by atoms with Crippen molar-refractivity contribution in [2.24, 2.45) is 5.92 Å². The van der Waals surface area contributed by atoms with E-state index >= 15 is 0 Å². The molecule has 2 amide bonds. The SMILES string of the molecule is CNc1ncccc1C(=O)N[C@@H]1C[C@@H](C(=O)NCCc2ccccn2)CC[C@H]1O. The molecular formula is C21H27N5O3. The standard InChI is InChI=1S/C21H27N5O3/c1-22-19-16(6-4-11-24-19)21(29)26-17-13-14(7-8-18(17)27)20(28)25-12-9-15-5-2-3-10-23-15/h2-6,10-11,14,17-18,27H,7-9,12-13H2,1H3,(H,22,24)(H,25,28)(H,26,29)/t14-,17+,18+/m0/s1. The molecule has 3 rings (SSSR count). The fraction of sp³-hybridized carbons (Fsp3) is 0.429. The maximum absolute atomic E-state index is 12.6. The predicted molar refractivity (Wildman–Crippen MR) is 109 cm³/mol. The van der Waals surface area contributed by atoms with Gasteiger partial charge in [-0.1, -0.05) is 6.07 Å². The van der Waals surface area contributed by atoms with Gasteiger partial charge in [0.1, 0.15) is 5.82 Å². The van der Waals surface area contributed by atoms with Crippen LogP contribution in [0.4, 0.5) is 5.82 Å². The number of carbonyl (C=O) groups excluding carboxylic acids is 2. The van der Waals surface area contributed by atoms with Gasteiger partial charge in [-0.2, -0.15) is 0 Å². The van der Waals surface area contributed by atoms with Crippen molar-refractivity contribution >= 4 is 17.6 Å². The molecule has 2 aromatic rings. The molecule has 0 unspecified atom stereocenters. The number of rotatable bonds is 7. The van der Waals surface area contributed by atoms with Gasteiger partial charge in [-0.3, -0.25) is 14.6 Å². The van der Waals surface area contributed by atoms with Crippen LogP contribution in [0.2, 0.25) is 0 Å². The largest absolute Gasteiger partial charge is 0.391 e. The molecule has 0 aromatic carbocycles. The van der Waals surface area contributed by atoms with Crippen LogP contribution in [0.15, 0.2) is 42.7 Å². The number of anilines is 1. The number of amides is 2. The summed E-state index contributed by atoms with van der Waals surface area (Å²) in [6.45, 7) is 0.507. The number of hydrogen-bond acceptors (Lipinski definition) is 6. The second-order valence-electron chi connectivity index (χ2n) is 7.17. The minimum Gasteiger partial charge on any atom is -0.391 e. The second kappa shape index (κ2) is 9.97. The summed E-state index contributed by atoms with van der Waals surface area (Å²) in [5.41, 5.74) is 1.33. The lowest BCUT2D eigenvalue weighted by atomic mass is 9.83. The Morgan fingerprint density at radius 3 is 2.72 bits per heavy atom. The maximum atomic E-state index is 12.6. The minimum atomic E-state index is -0.675.